The molecule has 2 aliphatic rings. The highest BCUT2D eigenvalue weighted by atomic mass is 16.6. The summed E-state index contributed by atoms with van der Waals surface area (Å²) < 4.78 is 5.36. The van der Waals surface area contributed by atoms with Gasteiger partial charge >= 0.3 is 6.03 Å². The number of carbonyl (C=O) groups excluding carboxylic acids is 1. The van der Waals surface area contributed by atoms with Gasteiger partial charge in [0, 0.05) is 51.5 Å². The average molecular weight is 497 g/mol. The Morgan fingerprint density at radius 1 is 1.14 bits per heavy atom. The van der Waals surface area contributed by atoms with Gasteiger partial charge in [0.25, 0.3) is 0 Å². The summed E-state index contributed by atoms with van der Waals surface area (Å²) in [5.41, 5.74) is 8.78. The van der Waals surface area contributed by atoms with Gasteiger partial charge in [-0.3, -0.25) is 4.90 Å². The summed E-state index contributed by atoms with van der Waals surface area (Å²) in [5.74, 6) is 1.48. The Labute approximate surface area is 212 Å². The Morgan fingerprint density at radius 2 is 1.86 bits per heavy atom. The summed E-state index contributed by atoms with van der Waals surface area (Å²) >= 11 is 0. The molecule has 2 saturated heterocycles. The van der Waals surface area contributed by atoms with Gasteiger partial charge in [-0.25, -0.2) is 14.8 Å². The third-order valence-electron chi connectivity index (χ3n) is 6.45. The van der Waals surface area contributed by atoms with E-state index in [-0.39, 0.29) is 6.03 Å². The van der Waals surface area contributed by atoms with E-state index in [9.17, 15) is 4.79 Å². The summed E-state index contributed by atoms with van der Waals surface area (Å²) in [6.45, 7) is 11.3. The number of carbonyl (C=O) groups is 1. The molecule has 0 bridgehead atoms. The van der Waals surface area contributed by atoms with Crippen LogP contribution in [0.1, 0.15) is 30.9 Å². The zero-order valence-electron chi connectivity index (χ0n) is 21.1. The Hall–Kier alpha value is -3.44. The van der Waals surface area contributed by atoms with Crippen molar-refractivity contribution in [3.8, 4) is 0 Å². The van der Waals surface area contributed by atoms with E-state index in [1.165, 1.54) is 11.9 Å². The Morgan fingerprint density at radius 3 is 2.56 bits per heavy atom. The molecular weight excluding hydrogens is 460 g/mol. The topological polar surface area (TPSA) is 121 Å². The second-order valence-electron chi connectivity index (χ2n) is 9.20. The minimum Gasteiger partial charge on any atom is -0.394 e. The Balaban J connectivity index is 1.29. The van der Waals surface area contributed by atoms with Gasteiger partial charge in [0.1, 0.15) is 24.6 Å². The first-order valence-corrected chi connectivity index (χ1v) is 12.5. The highest BCUT2D eigenvalue weighted by molar-refractivity contribution is 5.92. The lowest BCUT2D eigenvalue weighted by Crippen LogP contribution is -2.50. The van der Waals surface area contributed by atoms with Gasteiger partial charge in [-0.15, -0.1) is 0 Å². The second-order valence-corrected chi connectivity index (χ2v) is 9.20. The second kappa shape index (κ2) is 12.5. The van der Waals surface area contributed by atoms with Crippen molar-refractivity contribution >= 4 is 29.6 Å². The number of hydrogen-bond donors (Lipinski definition) is 2. The first-order chi connectivity index (χ1) is 17.5. The highest BCUT2D eigenvalue weighted by Crippen LogP contribution is 2.22. The molecule has 36 heavy (non-hydrogen) atoms. The molecule has 1 aromatic carbocycles. The summed E-state index contributed by atoms with van der Waals surface area (Å²) in [5, 5.41) is 7.10. The first kappa shape index (κ1) is 25.6. The van der Waals surface area contributed by atoms with Crippen LogP contribution in [0.2, 0.25) is 0 Å². The van der Waals surface area contributed by atoms with Crippen LogP contribution in [0.5, 0.6) is 0 Å². The third kappa shape index (κ3) is 6.82. The third-order valence-corrected chi connectivity index (χ3v) is 6.45. The van der Waals surface area contributed by atoms with E-state index >= 15 is 0 Å². The van der Waals surface area contributed by atoms with E-state index in [1.54, 1.807) is 11.1 Å². The van der Waals surface area contributed by atoms with Gasteiger partial charge < -0.3 is 30.4 Å². The maximum atomic E-state index is 12.8. The molecule has 0 saturated carbocycles. The largest absolute Gasteiger partial charge is 0.394 e. The van der Waals surface area contributed by atoms with Crippen molar-refractivity contribution in [2.45, 2.75) is 19.8 Å². The number of nitrogen functional groups attached to an aromatic ring is 1. The van der Waals surface area contributed by atoms with Crippen molar-refractivity contribution in [1.82, 2.24) is 19.8 Å². The van der Waals surface area contributed by atoms with Crippen LogP contribution >= 0.6 is 0 Å². The summed E-state index contributed by atoms with van der Waals surface area (Å²) in [4.78, 5) is 33.0. The number of oxime groups is 1. The first-order valence-electron chi connectivity index (χ1n) is 12.5. The van der Waals surface area contributed by atoms with Crippen molar-refractivity contribution in [2.24, 2.45) is 5.16 Å². The molecule has 194 valence electrons. The summed E-state index contributed by atoms with van der Waals surface area (Å²) in [6.07, 6.45) is 3.02. The molecule has 0 aliphatic carbocycles. The molecule has 2 fully saturated rings. The molecule has 2 aliphatic heterocycles. The molecule has 3 heterocycles. The fourth-order valence-electron chi connectivity index (χ4n) is 4.19. The number of anilines is 3. The van der Waals surface area contributed by atoms with Crippen molar-refractivity contribution in [3.63, 3.8) is 0 Å². The Bertz CT molecular complexity index is 1020. The van der Waals surface area contributed by atoms with Crippen LogP contribution in [-0.4, -0.2) is 97.6 Å². The smallest absolute Gasteiger partial charge is 0.321 e. The van der Waals surface area contributed by atoms with E-state index < -0.39 is 0 Å². The molecule has 1 aromatic heterocycles. The maximum absolute atomic E-state index is 12.8. The van der Waals surface area contributed by atoms with E-state index in [2.05, 4.69) is 44.1 Å². The molecule has 2 aromatic rings. The van der Waals surface area contributed by atoms with Crippen LogP contribution in [0, 0.1) is 0 Å². The van der Waals surface area contributed by atoms with Gasteiger partial charge in [0.15, 0.2) is 0 Å². The number of nitrogens with one attached hydrogen (secondary N) is 1. The number of nitrogens with zero attached hydrogens (tertiary/aromatic N) is 6. The van der Waals surface area contributed by atoms with Crippen LogP contribution < -0.4 is 16.0 Å². The SMILES string of the molecule is CC(C)c1ccc(NC(=O)N2CCN(c3ncnc(N)c3C=NOCCN3CCOCC3)CC2)cc1. The molecular formula is C25H36N8O3. The molecule has 0 spiro atoms. The van der Waals surface area contributed by atoms with Crippen molar-refractivity contribution in [2.75, 3.05) is 81.6 Å². The number of ether oxygens (including phenoxy) is 1. The molecule has 3 N–H and O–H groups in total. The molecule has 4 rings (SSSR count). The van der Waals surface area contributed by atoms with Gasteiger partial charge in [-0.2, -0.15) is 0 Å². The van der Waals surface area contributed by atoms with Gasteiger partial charge in [-0.1, -0.05) is 31.1 Å². The number of morpholine rings is 1. The minimum absolute atomic E-state index is 0.107. The highest BCUT2D eigenvalue weighted by Gasteiger charge is 2.24. The molecule has 2 amide bonds. The predicted molar refractivity (Wildman–Crippen MR) is 141 cm³/mol. The number of aromatic nitrogens is 2. The molecule has 11 heteroatoms. The normalized spacial score (nSPS) is 17.1. The van der Waals surface area contributed by atoms with E-state index in [4.69, 9.17) is 15.3 Å². The zero-order chi connectivity index (χ0) is 25.3. The van der Waals surface area contributed by atoms with E-state index in [0.29, 0.717) is 55.9 Å². The van der Waals surface area contributed by atoms with Crippen molar-refractivity contribution in [1.29, 1.82) is 0 Å². The number of rotatable bonds is 8. The van der Waals surface area contributed by atoms with Crippen molar-refractivity contribution < 1.29 is 14.4 Å². The van der Waals surface area contributed by atoms with Crippen LogP contribution in [0.15, 0.2) is 35.7 Å². The van der Waals surface area contributed by atoms with Gasteiger partial charge in [0.05, 0.1) is 25.0 Å². The molecule has 0 unspecified atom stereocenters. The number of benzene rings is 1. The quantitative estimate of drug-likeness (QED) is 0.324. The monoisotopic (exact) mass is 496 g/mol. The predicted octanol–water partition coefficient (Wildman–Crippen LogP) is 2.22. The van der Waals surface area contributed by atoms with E-state index in [1.807, 2.05) is 24.3 Å². The van der Waals surface area contributed by atoms with Crippen molar-refractivity contribution in [3.05, 3.63) is 41.7 Å². The van der Waals surface area contributed by atoms with Crippen LogP contribution in [-0.2, 0) is 9.57 Å². The van der Waals surface area contributed by atoms with E-state index in [0.717, 1.165) is 38.5 Å². The summed E-state index contributed by atoms with van der Waals surface area (Å²) in [6, 6.07) is 7.88. The lowest BCUT2D eigenvalue weighted by atomic mass is 10.0. The maximum Gasteiger partial charge on any atom is 0.321 e. The number of amides is 2. The fourth-order valence-corrected chi connectivity index (χ4v) is 4.19. The van der Waals surface area contributed by atoms with Gasteiger partial charge in [0.2, 0.25) is 0 Å². The number of piperazine rings is 1. The summed E-state index contributed by atoms with van der Waals surface area (Å²) in [7, 11) is 0. The number of hydrogen-bond acceptors (Lipinski definition) is 9. The zero-order valence-corrected chi connectivity index (χ0v) is 21.1. The number of nitrogens with two attached hydrogens (primary N) is 1. The minimum atomic E-state index is -0.107. The fraction of sp³-hybridized carbons (Fsp3) is 0.520. The van der Waals surface area contributed by atoms with Crippen LogP contribution in [0.25, 0.3) is 0 Å². The molecule has 0 radical (unpaired) electrons. The molecule has 0 atom stereocenters. The van der Waals surface area contributed by atoms with Crippen LogP contribution in [0.4, 0.5) is 22.1 Å². The number of urea groups is 1. The van der Waals surface area contributed by atoms with Crippen LogP contribution in [0.3, 0.4) is 0 Å². The Kier molecular flexibility index (Phi) is 8.90. The average Bonchev–Trinajstić information content (AvgIpc) is 2.90. The lowest BCUT2D eigenvalue weighted by molar-refractivity contribution is 0.0214. The standard InChI is InChI=1S/C25H36N8O3/c1-19(2)20-3-5-21(6-4-20)30-25(34)33-9-7-32(8-10-33)24-22(23(26)27-18-28-24)17-29-36-16-13-31-11-14-35-15-12-31/h3-6,17-19H,7-16H2,1-2H3,(H,30,34)(H2,26,27,28). The molecule has 11 nitrogen and oxygen atoms in total. The lowest BCUT2D eigenvalue weighted by Gasteiger charge is -2.35. The van der Waals surface area contributed by atoms with Gasteiger partial charge in [-0.05, 0) is 23.6 Å².